The minimum Gasteiger partial charge on any atom is -0.456 e. The van der Waals surface area contributed by atoms with E-state index >= 15 is 0 Å². The van der Waals surface area contributed by atoms with Crippen LogP contribution in [0.3, 0.4) is 0 Å². The van der Waals surface area contributed by atoms with Gasteiger partial charge < -0.3 is 24.1 Å². The molecule has 0 spiro atoms. The van der Waals surface area contributed by atoms with Crippen molar-refractivity contribution in [3.63, 3.8) is 0 Å². The number of rotatable bonds is 10. The summed E-state index contributed by atoms with van der Waals surface area (Å²) < 4.78 is 30.1. The van der Waals surface area contributed by atoms with E-state index in [0.29, 0.717) is 40.1 Å². The molecule has 0 aliphatic carbocycles. The number of amides is 1. The van der Waals surface area contributed by atoms with E-state index in [1.54, 1.807) is 22.8 Å². The predicted octanol–water partition coefficient (Wildman–Crippen LogP) is 5.60. The van der Waals surface area contributed by atoms with Crippen LogP contribution >= 0.6 is 11.6 Å². The number of halogens is 1. The van der Waals surface area contributed by atoms with E-state index in [2.05, 4.69) is 24.0 Å². The molecule has 45 heavy (non-hydrogen) atoms. The van der Waals surface area contributed by atoms with Crippen molar-refractivity contribution >= 4 is 47.4 Å². The third-order valence-electron chi connectivity index (χ3n) is 7.80. The van der Waals surface area contributed by atoms with Gasteiger partial charge in [-0.15, -0.1) is 0 Å². The monoisotopic (exact) mass is 668 g/mol. The van der Waals surface area contributed by atoms with Crippen LogP contribution < -0.4 is 4.74 Å². The second-order valence-corrected chi connectivity index (χ2v) is 20.1. The fraction of sp³-hybridized carbons (Fsp3) is 0.406. The Kier molecular flexibility index (Phi) is 9.53. The summed E-state index contributed by atoms with van der Waals surface area (Å²) in [7, 11) is -1.86. The van der Waals surface area contributed by atoms with Gasteiger partial charge in [0.15, 0.2) is 11.8 Å². The lowest BCUT2D eigenvalue weighted by Gasteiger charge is -2.19. The van der Waals surface area contributed by atoms with Crippen LogP contribution in [0.15, 0.2) is 69.9 Å². The highest BCUT2D eigenvalue weighted by Crippen LogP contribution is 2.34. The Hall–Kier alpha value is -2.97. The van der Waals surface area contributed by atoms with Crippen LogP contribution in [0, 0.1) is 0 Å². The molecule has 6 rings (SSSR count). The molecule has 0 bridgehead atoms. The van der Waals surface area contributed by atoms with E-state index in [0.717, 1.165) is 16.5 Å². The molecule has 0 saturated carbocycles. The van der Waals surface area contributed by atoms with Crippen molar-refractivity contribution in [1.82, 2.24) is 14.5 Å². The average molecular weight is 669 g/mol. The molecule has 2 saturated heterocycles. The van der Waals surface area contributed by atoms with Crippen LogP contribution in [0.25, 0.3) is 22.4 Å². The normalized spacial score (nSPS) is 22.2. The zero-order valence-corrected chi connectivity index (χ0v) is 28.3. The number of fused-ring (bicyclic) bond motifs is 2. The molecule has 2 aliphatic heterocycles. The smallest absolute Gasteiger partial charge is 0.301 e. The zero-order valence-electron chi connectivity index (χ0n) is 25.7. The van der Waals surface area contributed by atoms with Gasteiger partial charge in [-0.2, -0.15) is 9.35 Å². The van der Waals surface area contributed by atoms with Crippen molar-refractivity contribution in [1.29, 1.82) is 0 Å². The highest BCUT2D eigenvalue weighted by atomic mass is 35.5. The van der Waals surface area contributed by atoms with Gasteiger partial charge in [-0.3, -0.25) is 9.36 Å². The van der Waals surface area contributed by atoms with Gasteiger partial charge in [0.1, 0.15) is 30.6 Å². The van der Waals surface area contributed by atoms with Crippen molar-refractivity contribution in [2.24, 2.45) is 4.36 Å². The number of imidazole rings is 1. The van der Waals surface area contributed by atoms with Crippen LogP contribution in [0.4, 0.5) is 0 Å². The molecular formula is C32H37ClN4O6SSi. The number of benzene rings is 2. The number of ether oxygens (including phenoxy) is 4. The summed E-state index contributed by atoms with van der Waals surface area (Å²) in [5.74, 6) is -0.280. The maximum absolute atomic E-state index is 12.9. The summed E-state index contributed by atoms with van der Waals surface area (Å²) in [6.07, 6.45) is -0.0146. The molecule has 1 unspecified atom stereocenters. The summed E-state index contributed by atoms with van der Waals surface area (Å²) >= 11 is 6.74. The number of pyridine rings is 1. The van der Waals surface area contributed by atoms with Crippen molar-refractivity contribution < 1.29 is 28.8 Å². The molecule has 1 N–H and O–H groups in total. The van der Waals surface area contributed by atoms with E-state index < -0.39 is 43.2 Å². The molecule has 5 atom stereocenters. The SMILES string of the molecule is C/S(=N\C(=O)c1ccc(-c2nc3c(cc2Cl)nc(O[C@@H]2CO[C@H]4[C@@H]2OC[C@H]4O)n3COCC[Si](C)(C)C)cc1)c1ccccc1. The number of hydrogen-bond acceptors (Lipinski definition) is 8. The van der Waals surface area contributed by atoms with Crippen LogP contribution in [-0.2, 0) is 31.6 Å². The highest BCUT2D eigenvalue weighted by Gasteiger charge is 2.49. The van der Waals surface area contributed by atoms with Crippen molar-refractivity contribution in [2.75, 3.05) is 26.1 Å². The summed E-state index contributed by atoms with van der Waals surface area (Å²) in [5.41, 5.74) is 2.87. The number of carbonyl (C=O) groups is 1. The van der Waals surface area contributed by atoms with Crippen LogP contribution in [-0.4, -0.2) is 84.1 Å². The second kappa shape index (κ2) is 13.4. The molecule has 2 aliphatic rings. The van der Waals surface area contributed by atoms with Gasteiger partial charge in [-0.25, -0.2) is 4.98 Å². The first-order valence-electron chi connectivity index (χ1n) is 14.9. The number of aromatic nitrogens is 3. The Morgan fingerprint density at radius 3 is 2.56 bits per heavy atom. The number of hydrogen-bond donors (Lipinski definition) is 1. The van der Waals surface area contributed by atoms with E-state index in [-0.39, 0.29) is 25.9 Å². The van der Waals surface area contributed by atoms with Crippen molar-refractivity contribution in [3.8, 4) is 17.3 Å². The number of aliphatic hydroxyl groups excluding tert-OH is 1. The van der Waals surface area contributed by atoms with Crippen molar-refractivity contribution in [2.45, 2.75) is 61.7 Å². The lowest BCUT2D eigenvalue weighted by Crippen LogP contribution is -2.35. The standard InChI is InChI=1S/C32H37ClN4O6SSi/c1-44(22-8-6-5-7-9-22)36-31(39)21-12-10-20(11-13-21)27-23(33)16-24-30(35-27)37(19-40-14-15-45(2,3)4)32(34-24)43-26-18-42-28-25(38)17-41-29(26)28/h5-13,16,25-26,28-29,38H,14-15,17-19H2,1-4H3/t25-,26-,28-,29-,44?/m1/s1. The first-order chi connectivity index (χ1) is 21.6. The molecule has 0 radical (unpaired) electrons. The van der Waals surface area contributed by atoms with Gasteiger partial charge >= 0.3 is 6.01 Å². The maximum atomic E-state index is 12.9. The van der Waals surface area contributed by atoms with Gasteiger partial charge in [0.05, 0.1) is 23.9 Å². The minimum absolute atomic E-state index is 0.185. The largest absolute Gasteiger partial charge is 0.456 e. The molecule has 2 fully saturated rings. The Morgan fingerprint density at radius 2 is 1.82 bits per heavy atom. The molecule has 13 heteroatoms. The van der Waals surface area contributed by atoms with E-state index in [1.165, 1.54) is 0 Å². The van der Waals surface area contributed by atoms with Gasteiger partial charge in [0.25, 0.3) is 5.91 Å². The van der Waals surface area contributed by atoms with Gasteiger partial charge in [-0.1, -0.05) is 72.3 Å². The minimum atomic E-state index is -1.30. The molecule has 10 nitrogen and oxygen atoms in total. The highest BCUT2D eigenvalue weighted by molar-refractivity contribution is 7.87. The lowest BCUT2D eigenvalue weighted by atomic mass is 10.1. The van der Waals surface area contributed by atoms with Crippen LogP contribution in [0.5, 0.6) is 6.01 Å². The molecule has 2 aromatic heterocycles. The quantitative estimate of drug-likeness (QED) is 0.171. The van der Waals surface area contributed by atoms with E-state index in [9.17, 15) is 9.90 Å². The fourth-order valence-corrected chi connectivity index (χ4v) is 7.27. The summed E-state index contributed by atoms with van der Waals surface area (Å²) in [4.78, 5) is 23.5. The molecular weight excluding hydrogens is 632 g/mol. The van der Waals surface area contributed by atoms with Crippen LogP contribution in [0.1, 0.15) is 10.4 Å². The number of carbonyl (C=O) groups excluding carboxylic acids is 1. The van der Waals surface area contributed by atoms with Crippen molar-refractivity contribution in [3.05, 3.63) is 71.2 Å². The van der Waals surface area contributed by atoms with Gasteiger partial charge in [-0.05, 0) is 42.6 Å². The molecule has 238 valence electrons. The van der Waals surface area contributed by atoms with E-state index in [1.807, 2.05) is 48.7 Å². The average Bonchev–Trinajstić information content (AvgIpc) is 3.69. The molecule has 2 aromatic carbocycles. The maximum Gasteiger partial charge on any atom is 0.301 e. The Balaban J connectivity index is 1.28. The zero-order chi connectivity index (χ0) is 31.7. The topological polar surface area (TPSA) is 117 Å². The molecule has 4 heterocycles. The van der Waals surface area contributed by atoms with Gasteiger partial charge in [0, 0.05) is 30.7 Å². The first kappa shape index (κ1) is 32.0. The number of nitrogens with zero attached hydrogens (tertiary/aromatic N) is 4. The Morgan fingerprint density at radius 1 is 1.09 bits per heavy atom. The third kappa shape index (κ3) is 7.22. The lowest BCUT2D eigenvalue weighted by molar-refractivity contribution is 0.00336. The molecule has 4 aromatic rings. The Labute approximate surface area is 270 Å². The first-order valence-corrected chi connectivity index (χ1v) is 20.5. The summed E-state index contributed by atoms with van der Waals surface area (Å²) in [5, 5.41) is 10.6. The predicted molar refractivity (Wildman–Crippen MR) is 177 cm³/mol. The summed E-state index contributed by atoms with van der Waals surface area (Å²) in [6.45, 7) is 8.17. The number of aliphatic hydroxyl groups is 1. The molecule has 1 amide bonds. The Bertz CT molecular complexity index is 1710. The second-order valence-electron chi connectivity index (χ2n) is 12.4. The van der Waals surface area contributed by atoms with E-state index in [4.69, 9.17) is 40.5 Å². The summed E-state index contributed by atoms with van der Waals surface area (Å²) in [6, 6.07) is 20.0. The van der Waals surface area contributed by atoms with Crippen LogP contribution in [0.2, 0.25) is 30.7 Å². The third-order valence-corrected chi connectivity index (χ3v) is 11.2. The fourth-order valence-electron chi connectivity index (χ4n) is 5.25. The van der Waals surface area contributed by atoms with Gasteiger partial charge in [0.2, 0.25) is 0 Å².